The number of carbonyl (C=O) groups excluding carboxylic acids is 2. The molecule has 190 valence electrons. The molecule has 3 aromatic rings. The number of fused-ring (bicyclic) bond motifs is 1. The van der Waals surface area contributed by atoms with Crippen LogP contribution in [0.15, 0.2) is 108 Å². The topological polar surface area (TPSA) is 68.2 Å². The van der Waals surface area contributed by atoms with E-state index < -0.39 is 5.97 Å². The Morgan fingerprint density at radius 3 is 2.55 bits per heavy atom. The van der Waals surface area contributed by atoms with Gasteiger partial charge in [-0.05, 0) is 36.2 Å². The summed E-state index contributed by atoms with van der Waals surface area (Å²) in [6.45, 7) is 9.31. The highest BCUT2D eigenvalue weighted by Gasteiger charge is 2.28. The molecule has 6 heteroatoms. The first kappa shape index (κ1) is 25.0. The Balaban J connectivity index is 1.60. The molecule has 0 saturated heterocycles. The Bertz CT molecular complexity index is 1520. The molecule has 0 N–H and O–H groups in total. The van der Waals surface area contributed by atoms with Gasteiger partial charge in [-0.1, -0.05) is 78.5 Å². The first-order valence-electron chi connectivity index (χ1n) is 12.5. The molecule has 0 amide bonds. The third-order valence-corrected chi connectivity index (χ3v) is 6.64. The van der Waals surface area contributed by atoms with Crippen molar-refractivity contribution in [3.63, 3.8) is 0 Å². The van der Waals surface area contributed by atoms with E-state index in [1.807, 2.05) is 84.9 Å². The Morgan fingerprint density at radius 2 is 1.79 bits per heavy atom. The molecule has 0 saturated carbocycles. The number of likely N-dealkylation sites (N-methyl/N-ethyl adjacent to an activating group) is 1. The Kier molecular flexibility index (Phi) is 7.05. The van der Waals surface area contributed by atoms with Gasteiger partial charge in [0.15, 0.2) is 5.78 Å². The summed E-state index contributed by atoms with van der Waals surface area (Å²) in [5.41, 5.74) is 6.70. The van der Waals surface area contributed by atoms with E-state index in [1.165, 1.54) is 6.92 Å². The maximum atomic E-state index is 13.9. The SMILES string of the molecule is C=C1C2=C(/C=C\CN(CC)c3ccc(C(=O)c4ccccc4-c4ccccc4)cc31)/C(=N/OC(C)=O)CO2. The number of rotatable bonds is 5. The van der Waals surface area contributed by atoms with Crippen LogP contribution in [0, 0.1) is 0 Å². The van der Waals surface area contributed by atoms with Gasteiger partial charge in [-0.3, -0.25) is 4.79 Å². The quantitative estimate of drug-likeness (QED) is 0.235. The molecule has 0 unspecified atom stereocenters. The van der Waals surface area contributed by atoms with Crippen LogP contribution in [0.25, 0.3) is 16.7 Å². The first-order valence-corrected chi connectivity index (χ1v) is 12.5. The molecule has 0 aliphatic carbocycles. The Morgan fingerprint density at radius 1 is 1.03 bits per heavy atom. The molecule has 5 rings (SSSR count). The first-order chi connectivity index (χ1) is 18.5. The maximum absolute atomic E-state index is 13.9. The zero-order chi connectivity index (χ0) is 26.6. The summed E-state index contributed by atoms with van der Waals surface area (Å²) in [7, 11) is 0. The van der Waals surface area contributed by atoms with Gasteiger partial charge in [0.1, 0.15) is 18.1 Å². The van der Waals surface area contributed by atoms with E-state index in [1.54, 1.807) is 0 Å². The van der Waals surface area contributed by atoms with Crippen LogP contribution >= 0.6 is 0 Å². The summed E-state index contributed by atoms with van der Waals surface area (Å²) in [6.07, 6.45) is 3.95. The molecule has 0 atom stereocenters. The van der Waals surface area contributed by atoms with E-state index in [-0.39, 0.29) is 12.4 Å². The van der Waals surface area contributed by atoms with Crippen LogP contribution in [0.5, 0.6) is 0 Å². The van der Waals surface area contributed by atoms with Crippen LogP contribution in [0.4, 0.5) is 5.69 Å². The molecule has 6 nitrogen and oxygen atoms in total. The average molecular weight is 505 g/mol. The maximum Gasteiger partial charge on any atom is 0.331 e. The van der Waals surface area contributed by atoms with Gasteiger partial charge in [0, 0.05) is 53.5 Å². The van der Waals surface area contributed by atoms with E-state index in [2.05, 4.69) is 23.6 Å². The number of benzene rings is 3. The standard InChI is InChI=1S/C32H28N2O4/c1-4-34-18-10-15-27-29(33-38-22(3)35)20-37-32(27)21(2)28-19-24(16-17-30(28)34)31(36)26-14-9-8-13-25(26)23-11-6-5-7-12-23/h5-17,19H,2,4,18,20H2,1,3H3/b15-10-,33-29+. The van der Waals surface area contributed by atoms with Crippen LogP contribution in [0.2, 0.25) is 0 Å². The van der Waals surface area contributed by atoms with E-state index in [4.69, 9.17) is 9.57 Å². The second-order valence-corrected chi connectivity index (χ2v) is 9.04. The second-order valence-electron chi connectivity index (χ2n) is 9.04. The summed E-state index contributed by atoms with van der Waals surface area (Å²) in [6, 6.07) is 23.3. The normalized spacial score (nSPS) is 16.6. The average Bonchev–Trinajstić information content (AvgIpc) is 3.37. The fraction of sp³-hybridized carbons (Fsp3) is 0.156. The minimum absolute atomic E-state index is 0.0697. The van der Waals surface area contributed by atoms with Crippen LogP contribution < -0.4 is 4.90 Å². The highest BCUT2D eigenvalue weighted by molar-refractivity contribution is 6.14. The second kappa shape index (κ2) is 10.7. The van der Waals surface area contributed by atoms with Crippen molar-refractivity contribution in [3.8, 4) is 11.1 Å². The molecule has 38 heavy (non-hydrogen) atoms. The fourth-order valence-electron chi connectivity index (χ4n) is 4.76. The van der Waals surface area contributed by atoms with Crippen molar-refractivity contribution in [1.82, 2.24) is 0 Å². The van der Waals surface area contributed by atoms with Crippen molar-refractivity contribution in [2.45, 2.75) is 13.8 Å². The third-order valence-electron chi connectivity index (χ3n) is 6.64. The summed E-state index contributed by atoms with van der Waals surface area (Å²) < 4.78 is 6.00. The zero-order valence-corrected chi connectivity index (χ0v) is 21.4. The Labute approximate surface area is 222 Å². The van der Waals surface area contributed by atoms with Crippen LogP contribution in [0.1, 0.15) is 35.3 Å². The van der Waals surface area contributed by atoms with E-state index in [9.17, 15) is 9.59 Å². The predicted octanol–water partition coefficient (Wildman–Crippen LogP) is 6.20. The molecule has 0 spiro atoms. The zero-order valence-electron chi connectivity index (χ0n) is 21.4. The van der Waals surface area contributed by atoms with Crippen molar-refractivity contribution < 1.29 is 19.2 Å². The van der Waals surface area contributed by atoms with Gasteiger partial charge in [-0.15, -0.1) is 0 Å². The highest BCUT2D eigenvalue weighted by Crippen LogP contribution is 2.38. The van der Waals surface area contributed by atoms with Crippen molar-refractivity contribution in [2.75, 3.05) is 24.6 Å². The van der Waals surface area contributed by atoms with Gasteiger partial charge in [-0.2, -0.15) is 0 Å². The molecule has 3 aromatic carbocycles. The fourth-order valence-corrected chi connectivity index (χ4v) is 4.76. The van der Waals surface area contributed by atoms with Gasteiger partial charge in [0.2, 0.25) is 0 Å². The minimum Gasteiger partial charge on any atom is -0.486 e. The molecular weight excluding hydrogens is 476 g/mol. The van der Waals surface area contributed by atoms with E-state index in [0.29, 0.717) is 40.3 Å². The van der Waals surface area contributed by atoms with Crippen molar-refractivity contribution in [2.24, 2.45) is 5.16 Å². The van der Waals surface area contributed by atoms with Crippen molar-refractivity contribution in [3.05, 3.63) is 120 Å². The Hall–Kier alpha value is -4.71. The number of hydrogen-bond acceptors (Lipinski definition) is 6. The number of nitrogens with zero attached hydrogens (tertiary/aromatic N) is 2. The molecule has 0 radical (unpaired) electrons. The van der Waals surface area contributed by atoms with Gasteiger partial charge in [-0.25, -0.2) is 4.79 Å². The summed E-state index contributed by atoms with van der Waals surface area (Å²) in [5, 5.41) is 3.99. The van der Waals surface area contributed by atoms with Gasteiger partial charge in [0.05, 0.1) is 0 Å². The number of ether oxygens (including phenoxy) is 1. The van der Waals surface area contributed by atoms with Crippen molar-refractivity contribution >= 4 is 28.7 Å². The number of carbonyl (C=O) groups is 2. The summed E-state index contributed by atoms with van der Waals surface area (Å²) in [4.78, 5) is 32.3. The molecule has 2 heterocycles. The van der Waals surface area contributed by atoms with E-state index in [0.717, 1.165) is 28.9 Å². The van der Waals surface area contributed by atoms with Crippen LogP contribution in [0.3, 0.4) is 0 Å². The lowest BCUT2D eigenvalue weighted by Crippen LogP contribution is -2.24. The molecule has 2 aliphatic rings. The van der Waals surface area contributed by atoms with E-state index >= 15 is 0 Å². The van der Waals surface area contributed by atoms with Crippen molar-refractivity contribution in [1.29, 1.82) is 0 Å². The van der Waals surface area contributed by atoms with Gasteiger partial charge >= 0.3 is 5.97 Å². The monoisotopic (exact) mass is 504 g/mol. The number of oxime groups is 1. The third kappa shape index (κ3) is 4.81. The number of ketones is 1. The lowest BCUT2D eigenvalue weighted by Gasteiger charge is -2.25. The molecule has 0 bridgehead atoms. The minimum atomic E-state index is -0.501. The molecule has 0 fully saturated rings. The van der Waals surface area contributed by atoms with Crippen LogP contribution in [-0.4, -0.2) is 37.2 Å². The summed E-state index contributed by atoms with van der Waals surface area (Å²) >= 11 is 0. The van der Waals surface area contributed by atoms with Crippen LogP contribution in [-0.2, 0) is 14.4 Å². The summed E-state index contributed by atoms with van der Waals surface area (Å²) in [5.74, 6) is -0.0146. The smallest absolute Gasteiger partial charge is 0.331 e. The lowest BCUT2D eigenvalue weighted by molar-refractivity contribution is -0.140. The molecule has 0 aromatic heterocycles. The molecule has 2 aliphatic heterocycles. The van der Waals surface area contributed by atoms with Gasteiger partial charge < -0.3 is 14.5 Å². The lowest BCUT2D eigenvalue weighted by atomic mass is 9.91. The predicted molar refractivity (Wildman–Crippen MR) is 150 cm³/mol. The number of allylic oxidation sites excluding steroid dienone is 2. The highest BCUT2D eigenvalue weighted by atomic mass is 16.7. The largest absolute Gasteiger partial charge is 0.486 e. The number of anilines is 1. The molecular formula is C32H28N2O4. The number of hydrogen-bond donors (Lipinski definition) is 0. The van der Waals surface area contributed by atoms with Gasteiger partial charge in [0.25, 0.3) is 0 Å².